The average molecular weight is 259 g/mol. The van der Waals surface area contributed by atoms with Gasteiger partial charge in [0.15, 0.2) is 21.5 Å². The standard InChI is InChI=1S/C10H14FN3O2S/c1-7-9(11)10(14-6-13-7)12-5-8-3-2-4-17(8,15)16/h6,8H,2-5H2,1H3,(H,12,13,14). The van der Waals surface area contributed by atoms with Gasteiger partial charge in [-0.15, -0.1) is 0 Å². The van der Waals surface area contributed by atoms with Crippen molar-refractivity contribution in [2.75, 3.05) is 17.6 Å². The molecule has 0 aliphatic carbocycles. The second kappa shape index (κ2) is 4.56. The molecule has 0 amide bonds. The molecule has 1 aromatic rings. The minimum absolute atomic E-state index is 0.0691. The van der Waals surface area contributed by atoms with Gasteiger partial charge in [-0.3, -0.25) is 0 Å². The maximum atomic E-state index is 13.5. The first-order valence-corrected chi connectivity index (χ1v) is 7.15. The average Bonchev–Trinajstić information content (AvgIpc) is 2.60. The van der Waals surface area contributed by atoms with E-state index in [0.717, 1.165) is 0 Å². The smallest absolute Gasteiger partial charge is 0.186 e. The van der Waals surface area contributed by atoms with E-state index in [9.17, 15) is 12.8 Å². The minimum atomic E-state index is -3.01. The minimum Gasteiger partial charge on any atom is -0.366 e. The lowest BCUT2D eigenvalue weighted by Crippen LogP contribution is -2.25. The summed E-state index contributed by atoms with van der Waals surface area (Å²) in [6.07, 6.45) is 2.56. The van der Waals surface area contributed by atoms with Crippen LogP contribution in [-0.2, 0) is 9.84 Å². The molecular formula is C10H14FN3O2S. The van der Waals surface area contributed by atoms with Gasteiger partial charge in [-0.2, -0.15) is 0 Å². The van der Waals surface area contributed by atoms with E-state index in [1.54, 1.807) is 0 Å². The number of rotatable bonds is 3. The molecule has 0 saturated carbocycles. The number of hydrogen-bond donors (Lipinski definition) is 1. The number of hydrogen-bond acceptors (Lipinski definition) is 5. The predicted octanol–water partition coefficient (Wildman–Crippen LogP) is 0.913. The zero-order valence-corrected chi connectivity index (χ0v) is 10.3. The Morgan fingerprint density at radius 3 is 2.94 bits per heavy atom. The van der Waals surface area contributed by atoms with Crippen LogP contribution in [0.3, 0.4) is 0 Å². The molecule has 1 saturated heterocycles. The van der Waals surface area contributed by atoms with Gasteiger partial charge in [0.05, 0.1) is 16.7 Å². The molecule has 1 aliphatic rings. The molecule has 5 nitrogen and oxygen atoms in total. The van der Waals surface area contributed by atoms with Gasteiger partial charge in [0.1, 0.15) is 6.33 Å². The van der Waals surface area contributed by atoms with Gasteiger partial charge in [0, 0.05) is 6.54 Å². The molecule has 2 rings (SSSR count). The van der Waals surface area contributed by atoms with Crippen LogP contribution in [-0.4, -0.2) is 35.9 Å². The number of nitrogens with one attached hydrogen (secondary N) is 1. The van der Waals surface area contributed by atoms with Crippen molar-refractivity contribution in [2.45, 2.75) is 25.0 Å². The summed E-state index contributed by atoms with van der Waals surface area (Å²) in [5.41, 5.74) is 0.247. The maximum absolute atomic E-state index is 13.5. The number of anilines is 1. The first-order chi connectivity index (χ1) is 8.00. The summed E-state index contributed by atoms with van der Waals surface area (Å²) in [6.45, 7) is 1.74. The highest BCUT2D eigenvalue weighted by atomic mass is 32.2. The highest BCUT2D eigenvalue weighted by molar-refractivity contribution is 7.92. The molecule has 1 aromatic heterocycles. The van der Waals surface area contributed by atoms with E-state index in [1.807, 2.05) is 0 Å². The summed E-state index contributed by atoms with van der Waals surface area (Å²) in [7, 11) is -3.01. The molecule has 0 radical (unpaired) electrons. The van der Waals surface area contributed by atoms with Gasteiger partial charge in [0.25, 0.3) is 0 Å². The van der Waals surface area contributed by atoms with Gasteiger partial charge in [0.2, 0.25) is 0 Å². The maximum Gasteiger partial charge on any atom is 0.186 e. The third-order valence-corrected chi connectivity index (χ3v) is 5.20. The van der Waals surface area contributed by atoms with Gasteiger partial charge in [-0.1, -0.05) is 0 Å². The molecular weight excluding hydrogens is 245 g/mol. The molecule has 0 bridgehead atoms. The van der Waals surface area contributed by atoms with Crippen molar-refractivity contribution in [3.8, 4) is 0 Å². The topological polar surface area (TPSA) is 72.0 Å². The summed E-state index contributed by atoms with van der Waals surface area (Å²) in [5.74, 6) is -0.229. The molecule has 0 aromatic carbocycles. The monoisotopic (exact) mass is 259 g/mol. The van der Waals surface area contributed by atoms with Crippen molar-refractivity contribution in [3.05, 3.63) is 17.8 Å². The second-order valence-electron chi connectivity index (χ2n) is 4.13. The fourth-order valence-electron chi connectivity index (χ4n) is 1.88. The quantitative estimate of drug-likeness (QED) is 0.873. The highest BCUT2D eigenvalue weighted by Gasteiger charge is 2.31. The van der Waals surface area contributed by atoms with Crippen LogP contribution in [0.15, 0.2) is 6.33 Å². The molecule has 94 valence electrons. The molecule has 7 heteroatoms. The summed E-state index contributed by atoms with van der Waals surface area (Å²) in [6, 6.07) is 0. The zero-order chi connectivity index (χ0) is 12.5. The van der Waals surface area contributed by atoms with E-state index in [1.165, 1.54) is 13.3 Å². The van der Waals surface area contributed by atoms with Crippen LogP contribution in [0.5, 0.6) is 0 Å². The van der Waals surface area contributed by atoms with Crippen LogP contribution >= 0.6 is 0 Å². The Morgan fingerprint density at radius 2 is 2.29 bits per heavy atom. The fraction of sp³-hybridized carbons (Fsp3) is 0.600. The molecule has 0 spiro atoms. The number of sulfone groups is 1. The van der Waals surface area contributed by atoms with Gasteiger partial charge >= 0.3 is 0 Å². The summed E-state index contributed by atoms with van der Waals surface area (Å²) in [4.78, 5) is 7.46. The van der Waals surface area contributed by atoms with Crippen LogP contribution < -0.4 is 5.32 Å². The first-order valence-electron chi connectivity index (χ1n) is 5.43. The molecule has 1 aliphatic heterocycles. The summed E-state index contributed by atoms with van der Waals surface area (Å²) >= 11 is 0. The molecule has 1 fully saturated rings. The Morgan fingerprint density at radius 1 is 1.53 bits per heavy atom. The summed E-state index contributed by atoms with van der Waals surface area (Å²) < 4.78 is 36.7. The lowest BCUT2D eigenvalue weighted by molar-refractivity contribution is 0.588. The Labute approximate surface area is 99.4 Å². The SMILES string of the molecule is Cc1ncnc(NCC2CCCS2(=O)=O)c1F. The normalized spacial score (nSPS) is 22.6. The molecule has 17 heavy (non-hydrogen) atoms. The van der Waals surface area contributed by atoms with E-state index >= 15 is 0 Å². The van der Waals surface area contributed by atoms with E-state index in [-0.39, 0.29) is 23.8 Å². The zero-order valence-electron chi connectivity index (χ0n) is 9.48. The largest absolute Gasteiger partial charge is 0.366 e. The first kappa shape index (κ1) is 12.2. The Balaban J connectivity index is 2.06. The van der Waals surface area contributed by atoms with E-state index in [2.05, 4.69) is 15.3 Å². The van der Waals surface area contributed by atoms with Crippen molar-refractivity contribution >= 4 is 15.7 Å². The number of aryl methyl sites for hydroxylation is 1. The van der Waals surface area contributed by atoms with E-state index in [0.29, 0.717) is 12.8 Å². The third kappa shape index (κ3) is 2.54. The summed E-state index contributed by atoms with van der Waals surface area (Å²) in [5, 5.41) is 2.31. The molecule has 1 atom stereocenters. The Bertz CT molecular complexity index is 518. The predicted molar refractivity (Wildman–Crippen MR) is 62.0 cm³/mol. The fourth-order valence-corrected chi connectivity index (χ4v) is 3.64. The van der Waals surface area contributed by atoms with Crippen molar-refractivity contribution < 1.29 is 12.8 Å². The van der Waals surface area contributed by atoms with Crippen LogP contribution in [0.4, 0.5) is 10.2 Å². The van der Waals surface area contributed by atoms with Gasteiger partial charge < -0.3 is 5.32 Å². The molecule has 1 N–H and O–H groups in total. The molecule has 1 unspecified atom stereocenters. The second-order valence-corrected chi connectivity index (χ2v) is 6.53. The van der Waals surface area contributed by atoms with Crippen molar-refractivity contribution in [1.29, 1.82) is 0 Å². The van der Waals surface area contributed by atoms with Crippen LogP contribution in [0.1, 0.15) is 18.5 Å². The lowest BCUT2D eigenvalue weighted by Gasteiger charge is -2.11. The van der Waals surface area contributed by atoms with Crippen LogP contribution in [0, 0.1) is 12.7 Å². The van der Waals surface area contributed by atoms with Crippen molar-refractivity contribution in [2.24, 2.45) is 0 Å². The third-order valence-electron chi connectivity index (χ3n) is 2.92. The number of halogens is 1. The lowest BCUT2D eigenvalue weighted by atomic mass is 10.2. The van der Waals surface area contributed by atoms with Crippen molar-refractivity contribution in [1.82, 2.24) is 9.97 Å². The number of nitrogens with zero attached hydrogens (tertiary/aromatic N) is 2. The van der Waals surface area contributed by atoms with Gasteiger partial charge in [-0.05, 0) is 19.8 Å². The Kier molecular flexibility index (Phi) is 3.28. The van der Waals surface area contributed by atoms with Crippen molar-refractivity contribution in [3.63, 3.8) is 0 Å². The molecule has 2 heterocycles. The number of aromatic nitrogens is 2. The van der Waals surface area contributed by atoms with E-state index in [4.69, 9.17) is 0 Å². The van der Waals surface area contributed by atoms with Crippen LogP contribution in [0.2, 0.25) is 0 Å². The van der Waals surface area contributed by atoms with E-state index < -0.39 is 20.9 Å². The Hall–Kier alpha value is -1.24. The van der Waals surface area contributed by atoms with Crippen LogP contribution in [0.25, 0.3) is 0 Å². The highest BCUT2D eigenvalue weighted by Crippen LogP contribution is 2.21. The van der Waals surface area contributed by atoms with Gasteiger partial charge in [-0.25, -0.2) is 22.8 Å².